The maximum absolute atomic E-state index is 6.63. The number of benzene rings is 8. The smallest absolute Gasteiger partial charge is 0.153 e. The summed E-state index contributed by atoms with van der Waals surface area (Å²) >= 11 is 0. The summed E-state index contributed by atoms with van der Waals surface area (Å²) in [6.07, 6.45) is 0. The second-order valence-electron chi connectivity index (χ2n) is 13.0. The largest absolute Gasteiger partial charge is 0.456 e. The van der Waals surface area contributed by atoms with Crippen molar-refractivity contribution >= 4 is 56.1 Å². The van der Waals surface area contributed by atoms with Crippen molar-refractivity contribution in [3.05, 3.63) is 194 Å². The van der Waals surface area contributed by atoms with E-state index in [4.69, 9.17) is 9.15 Å². The van der Waals surface area contributed by atoms with Gasteiger partial charge in [0.05, 0.1) is 11.4 Å². The van der Waals surface area contributed by atoms with Gasteiger partial charge < -0.3 is 19.0 Å². The molecule has 8 aromatic carbocycles. The Morgan fingerprint density at radius 1 is 0.365 bits per heavy atom. The second-order valence-corrected chi connectivity index (χ2v) is 13.0. The van der Waals surface area contributed by atoms with E-state index in [0.717, 1.165) is 78.7 Å². The molecule has 0 saturated heterocycles. The molecule has 9 aromatic rings. The minimum atomic E-state index is 0.795. The van der Waals surface area contributed by atoms with Crippen molar-refractivity contribution in [3.63, 3.8) is 0 Å². The van der Waals surface area contributed by atoms with Gasteiger partial charge in [-0.1, -0.05) is 109 Å². The third-order valence-corrected chi connectivity index (χ3v) is 9.85. The Hall–Kier alpha value is -7.04. The average molecular weight is 669 g/mol. The summed E-state index contributed by atoms with van der Waals surface area (Å²) in [5.74, 6) is 1.62. The van der Waals surface area contributed by atoms with Crippen LogP contribution in [0.4, 0.5) is 34.1 Å². The molecule has 4 nitrogen and oxygen atoms in total. The Morgan fingerprint density at radius 3 is 1.69 bits per heavy atom. The molecule has 52 heavy (non-hydrogen) atoms. The van der Waals surface area contributed by atoms with Gasteiger partial charge in [0.15, 0.2) is 11.5 Å². The van der Waals surface area contributed by atoms with Gasteiger partial charge in [0.2, 0.25) is 0 Å². The van der Waals surface area contributed by atoms with Gasteiger partial charge in [-0.25, -0.2) is 0 Å². The Labute approximate surface area is 302 Å². The second kappa shape index (κ2) is 12.4. The van der Waals surface area contributed by atoms with Crippen LogP contribution in [0.1, 0.15) is 0 Å². The van der Waals surface area contributed by atoms with Gasteiger partial charge in [-0.2, -0.15) is 0 Å². The standard InChI is InChI=1S/C48H32N2O2/c1-3-11-33(12-4-1)34-19-24-38(25-20-34)49(39-26-21-35(22-27-39)36-23-30-46-42(31-36)41-15-7-9-17-45(41)51-46)40-28-29-44-48(32-40)52-47-18-10-8-16-43(47)50(44)37-13-5-2-6-14-37/h1-32H. The molecule has 1 aliphatic rings. The van der Waals surface area contributed by atoms with Gasteiger partial charge in [0.25, 0.3) is 0 Å². The van der Waals surface area contributed by atoms with E-state index in [1.165, 1.54) is 11.1 Å². The Kier molecular flexibility index (Phi) is 7.10. The molecule has 0 unspecified atom stereocenters. The number of ether oxygens (including phenoxy) is 1. The number of para-hydroxylation sites is 4. The number of furan rings is 1. The van der Waals surface area contributed by atoms with Crippen LogP contribution in [0.15, 0.2) is 199 Å². The van der Waals surface area contributed by atoms with Crippen LogP contribution >= 0.6 is 0 Å². The predicted molar refractivity (Wildman–Crippen MR) is 214 cm³/mol. The van der Waals surface area contributed by atoms with E-state index in [0.29, 0.717) is 0 Å². The van der Waals surface area contributed by atoms with Crippen molar-refractivity contribution in [2.75, 3.05) is 9.80 Å². The Morgan fingerprint density at radius 2 is 0.923 bits per heavy atom. The van der Waals surface area contributed by atoms with Crippen molar-refractivity contribution in [1.82, 2.24) is 0 Å². The van der Waals surface area contributed by atoms with E-state index in [-0.39, 0.29) is 0 Å². The van der Waals surface area contributed by atoms with Crippen molar-refractivity contribution in [2.45, 2.75) is 0 Å². The molecule has 1 aromatic heterocycles. The third-order valence-electron chi connectivity index (χ3n) is 9.85. The molecule has 0 saturated carbocycles. The van der Waals surface area contributed by atoms with Gasteiger partial charge in [0, 0.05) is 39.6 Å². The molecule has 0 fully saturated rings. The number of anilines is 6. The summed E-state index contributed by atoms with van der Waals surface area (Å²) in [6.45, 7) is 0. The third kappa shape index (κ3) is 5.17. The molecule has 4 heteroatoms. The van der Waals surface area contributed by atoms with Gasteiger partial charge in [-0.05, 0) is 101 Å². The van der Waals surface area contributed by atoms with Crippen molar-refractivity contribution < 1.29 is 9.15 Å². The number of hydrogen-bond acceptors (Lipinski definition) is 4. The summed E-state index contributed by atoms with van der Waals surface area (Å²) in [5, 5.41) is 2.25. The minimum Gasteiger partial charge on any atom is -0.456 e. The first-order valence-electron chi connectivity index (χ1n) is 17.5. The fourth-order valence-corrected chi connectivity index (χ4v) is 7.33. The molecule has 0 radical (unpaired) electrons. The quantitative estimate of drug-likeness (QED) is 0.176. The zero-order valence-electron chi connectivity index (χ0n) is 28.2. The molecule has 0 amide bonds. The fraction of sp³-hybridized carbons (Fsp3) is 0. The highest BCUT2D eigenvalue weighted by Crippen LogP contribution is 2.52. The highest BCUT2D eigenvalue weighted by Gasteiger charge is 2.27. The van der Waals surface area contributed by atoms with Crippen LogP contribution in [0, 0.1) is 0 Å². The van der Waals surface area contributed by atoms with Gasteiger partial charge in [-0.3, -0.25) is 0 Å². The van der Waals surface area contributed by atoms with E-state index in [1.807, 2.05) is 36.4 Å². The van der Waals surface area contributed by atoms with Gasteiger partial charge in [-0.15, -0.1) is 0 Å². The van der Waals surface area contributed by atoms with Crippen LogP contribution in [-0.2, 0) is 0 Å². The Bertz CT molecular complexity index is 2700. The first kappa shape index (κ1) is 29.8. The number of nitrogens with zero attached hydrogens (tertiary/aromatic N) is 2. The predicted octanol–water partition coefficient (Wildman–Crippen LogP) is 14.0. The number of rotatable bonds is 6. The SMILES string of the molecule is c1ccc(-c2ccc(N(c3ccc(-c4ccc5oc6ccccc6c5c4)cc3)c3ccc4c(c3)Oc3ccccc3N4c3ccccc3)cc2)cc1. The Balaban J connectivity index is 1.07. The van der Waals surface area contributed by atoms with E-state index >= 15 is 0 Å². The van der Waals surface area contributed by atoms with Gasteiger partial charge >= 0.3 is 0 Å². The van der Waals surface area contributed by atoms with E-state index in [9.17, 15) is 0 Å². The zero-order valence-corrected chi connectivity index (χ0v) is 28.2. The summed E-state index contributed by atoms with van der Waals surface area (Å²) in [4.78, 5) is 4.56. The lowest BCUT2D eigenvalue weighted by atomic mass is 10.0. The lowest BCUT2D eigenvalue weighted by molar-refractivity contribution is 0.477. The highest BCUT2D eigenvalue weighted by molar-refractivity contribution is 6.06. The molecule has 0 atom stereocenters. The molecular formula is C48H32N2O2. The first-order valence-corrected chi connectivity index (χ1v) is 17.5. The van der Waals surface area contributed by atoms with Crippen LogP contribution < -0.4 is 14.5 Å². The monoisotopic (exact) mass is 668 g/mol. The van der Waals surface area contributed by atoms with Crippen LogP contribution in [0.5, 0.6) is 11.5 Å². The van der Waals surface area contributed by atoms with Crippen LogP contribution in [0.2, 0.25) is 0 Å². The average Bonchev–Trinajstić information content (AvgIpc) is 3.59. The molecular weight excluding hydrogens is 637 g/mol. The number of hydrogen-bond donors (Lipinski definition) is 0. The molecule has 1 aliphatic heterocycles. The van der Waals surface area contributed by atoms with Crippen LogP contribution in [0.25, 0.3) is 44.2 Å². The lowest BCUT2D eigenvalue weighted by Crippen LogP contribution is -2.16. The van der Waals surface area contributed by atoms with Crippen molar-refractivity contribution in [3.8, 4) is 33.8 Å². The van der Waals surface area contributed by atoms with Crippen LogP contribution in [0.3, 0.4) is 0 Å². The number of fused-ring (bicyclic) bond motifs is 5. The molecule has 2 heterocycles. The van der Waals surface area contributed by atoms with Crippen molar-refractivity contribution in [2.24, 2.45) is 0 Å². The molecule has 0 spiro atoms. The highest BCUT2D eigenvalue weighted by atomic mass is 16.5. The molecule has 246 valence electrons. The molecule has 0 bridgehead atoms. The molecule has 0 N–H and O–H groups in total. The normalized spacial score (nSPS) is 12.0. The molecule has 0 aliphatic carbocycles. The van der Waals surface area contributed by atoms with E-state index in [2.05, 4.69) is 168 Å². The minimum absolute atomic E-state index is 0.795. The lowest BCUT2D eigenvalue weighted by Gasteiger charge is -2.34. The molecule has 10 rings (SSSR count). The fourth-order valence-electron chi connectivity index (χ4n) is 7.33. The van der Waals surface area contributed by atoms with E-state index in [1.54, 1.807) is 0 Å². The zero-order chi connectivity index (χ0) is 34.4. The first-order chi connectivity index (χ1) is 25.8. The summed E-state index contributed by atoms with van der Waals surface area (Å²) in [5.41, 5.74) is 12.6. The van der Waals surface area contributed by atoms with Crippen molar-refractivity contribution in [1.29, 1.82) is 0 Å². The maximum Gasteiger partial charge on any atom is 0.153 e. The summed E-state index contributed by atoms with van der Waals surface area (Å²) in [7, 11) is 0. The van der Waals surface area contributed by atoms with Crippen LogP contribution in [-0.4, -0.2) is 0 Å². The topological polar surface area (TPSA) is 28.9 Å². The summed E-state index contributed by atoms with van der Waals surface area (Å²) < 4.78 is 12.7. The maximum atomic E-state index is 6.63. The van der Waals surface area contributed by atoms with Gasteiger partial charge in [0.1, 0.15) is 11.2 Å². The summed E-state index contributed by atoms with van der Waals surface area (Å²) in [6, 6.07) is 67.9. The van der Waals surface area contributed by atoms with E-state index < -0.39 is 0 Å².